The number of nitrogens with one attached hydrogen (secondary N) is 1. The molecule has 1 heterocycles. The fourth-order valence-electron chi connectivity index (χ4n) is 2.29. The van der Waals surface area contributed by atoms with Crippen LogP contribution in [0.3, 0.4) is 0 Å². The van der Waals surface area contributed by atoms with Gasteiger partial charge in [0.05, 0.1) is 5.52 Å². The van der Waals surface area contributed by atoms with Crippen molar-refractivity contribution in [3.05, 3.63) is 52.8 Å². The van der Waals surface area contributed by atoms with E-state index in [9.17, 15) is 4.39 Å². The van der Waals surface area contributed by atoms with Gasteiger partial charge in [0, 0.05) is 23.0 Å². The Bertz CT molecular complexity index is 813. The molecule has 2 aromatic carbocycles. The molecule has 1 aromatic heterocycles. The van der Waals surface area contributed by atoms with Crippen molar-refractivity contribution in [1.82, 2.24) is 9.97 Å². The van der Waals surface area contributed by atoms with Crippen molar-refractivity contribution in [2.45, 2.75) is 6.92 Å². The topological polar surface area (TPSA) is 37.8 Å². The quantitative estimate of drug-likeness (QED) is 0.760. The lowest BCUT2D eigenvalue weighted by molar-refractivity contribution is 0.627. The van der Waals surface area contributed by atoms with E-state index in [0.717, 1.165) is 16.5 Å². The number of benzene rings is 2. The van der Waals surface area contributed by atoms with Gasteiger partial charge in [-0.1, -0.05) is 11.6 Å². The summed E-state index contributed by atoms with van der Waals surface area (Å²) in [5.41, 5.74) is 2.24. The average Bonchev–Trinajstić information content (AvgIpc) is 2.45. The van der Waals surface area contributed by atoms with Crippen LogP contribution in [0.2, 0.25) is 5.02 Å². The monoisotopic (exact) mass is 301 g/mol. The van der Waals surface area contributed by atoms with Gasteiger partial charge in [-0.2, -0.15) is 0 Å². The summed E-state index contributed by atoms with van der Waals surface area (Å²) in [5, 5.41) is 4.49. The van der Waals surface area contributed by atoms with Crippen molar-refractivity contribution in [2.24, 2.45) is 0 Å². The normalized spacial score (nSPS) is 10.9. The summed E-state index contributed by atoms with van der Waals surface area (Å²) >= 11 is 6.01. The summed E-state index contributed by atoms with van der Waals surface area (Å²) in [7, 11) is 1.78. The van der Waals surface area contributed by atoms with E-state index in [1.54, 1.807) is 13.1 Å². The van der Waals surface area contributed by atoms with Gasteiger partial charge in [-0.05, 0) is 48.9 Å². The molecule has 0 bridgehead atoms. The maximum absolute atomic E-state index is 13.6. The highest BCUT2D eigenvalue weighted by molar-refractivity contribution is 6.31. The molecule has 5 heteroatoms. The van der Waals surface area contributed by atoms with Gasteiger partial charge in [0.15, 0.2) is 5.82 Å². The molecule has 0 radical (unpaired) electrons. The van der Waals surface area contributed by atoms with Gasteiger partial charge in [0.2, 0.25) is 0 Å². The summed E-state index contributed by atoms with van der Waals surface area (Å²) in [6, 6.07) is 10.2. The number of nitrogens with zero attached hydrogens (tertiary/aromatic N) is 2. The van der Waals surface area contributed by atoms with E-state index < -0.39 is 0 Å². The van der Waals surface area contributed by atoms with Crippen LogP contribution in [-0.4, -0.2) is 17.0 Å². The lowest BCUT2D eigenvalue weighted by Gasteiger charge is -2.09. The third kappa shape index (κ3) is 2.67. The molecule has 0 saturated heterocycles. The van der Waals surface area contributed by atoms with E-state index in [4.69, 9.17) is 11.6 Å². The van der Waals surface area contributed by atoms with Gasteiger partial charge in [-0.25, -0.2) is 14.4 Å². The fraction of sp³-hybridized carbons (Fsp3) is 0.125. The standard InChI is InChI=1S/C16H13ClFN3/c1-9-5-10(7-12(18)6-9)15-20-14-4-3-11(17)8-13(14)16(19-2)21-15/h3-8H,1-2H3,(H,19,20,21). The second kappa shape index (κ2) is 5.30. The molecule has 0 aliphatic carbocycles. The van der Waals surface area contributed by atoms with Crippen LogP contribution in [0.15, 0.2) is 36.4 Å². The van der Waals surface area contributed by atoms with Gasteiger partial charge in [-0.15, -0.1) is 0 Å². The highest BCUT2D eigenvalue weighted by atomic mass is 35.5. The van der Waals surface area contributed by atoms with Gasteiger partial charge in [-0.3, -0.25) is 0 Å². The Morgan fingerprint density at radius 3 is 2.62 bits per heavy atom. The van der Waals surface area contributed by atoms with Gasteiger partial charge in [0.1, 0.15) is 11.6 Å². The number of fused-ring (bicyclic) bond motifs is 1. The second-order valence-corrected chi connectivity index (χ2v) is 5.26. The summed E-state index contributed by atoms with van der Waals surface area (Å²) in [6.07, 6.45) is 0. The number of rotatable bonds is 2. The average molecular weight is 302 g/mol. The molecule has 3 aromatic rings. The molecule has 3 rings (SSSR count). The predicted molar refractivity (Wildman–Crippen MR) is 84.2 cm³/mol. The first kappa shape index (κ1) is 13.8. The van der Waals surface area contributed by atoms with E-state index in [0.29, 0.717) is 22.2 Å². The Morgan fingerprint density at radius 1 is 1.10 bits per heavy atom. The lowest BCUT2D eigenvalue weighted by atomic mass is 10.1. The molecule has 0 fully saturated rings. The molecule has 0 spiro atoms. The van der Waals surface area contributed by atoms with Gasteiger partial charge >= 0.3 is 0 Å². The lowest BCUT2D eigenvalue weighted by Crippen LogP contribution is -1.99. The van der Waals surface area contributed by atoms with E-state index in [2.05, 4.69) is 15.3 Å². The zero-order chi connectivity index (χ0) is 15.0. The molecular formula is C16H13ClFN3. The van der Waals surface area contributed by atoms with Crippen molar-refractivity contribution < 1.29 is 4.39 Å². The van der Waals surface area contributed by atoms with E-state index >= 15 is 0 Å². The minimum absolute atomic E-state index is 0.296. The van der Waals surface area contributed by atoms with Crippen LogP contribution < -0.4 is 5.32 Å². The largest absolute Gasteiger partial charge is 0.373 e. The van der Waals surface area contributed by atoms with Crippen LogP contribution in [-0.2, 0) is 0 Å². The van der Waals surface area contributed by atoms with Crippen molar-refractivity contribution in [3.63, 3.8) is 0 Å². The summed E-state index contributed by atoms with van der Waals surface area (Å²) in [4.78, 5) is 8.97. The third-order valence-corrected chi connectivity index (χ3v) is 3.43. The first-order valence-corrected chi connectivity index (χ1v) is 6.87. The molecule has 0 atom stereocenters. The van der Waals surface area contributed by atoms with Crippen LogP contribution in [0.4, 0.5) is 10.2 Å². The number of hydrogen-bond acceptors (Lipinski definition) is 3. The van der Waals surface area contributed by atoms with Crippen molar-refractivity contribution in [2.75, 3.05) is 12.4 Å². The van der Waals surface area contributed by atoms with Gasteiger partial charge in [0.25, 0.3) is 0 Å². The van der Waals surface area contributed by atoms with Crippen LogP contribution >= 0.6 is 11.6 Å². The highest BCUT2D eigenvalue weighted by Crippen LogP contribution is 2.27. The molecule has 0 amide bonds. The third-order valence-electron chi connectivity index (χ3n) is 3.19. The summed E-state index contributed by atoms with van der Waals surface area (Å²) < 4.78 is 13.6. The molecule has 0 unspecified atom stereocenters. The number of hydrogen-bond donors (Lipinski definition) is 1. The minimum Gasteiger partial charge on any atom is -0.373 e. The molecule has 1 N–H and O–H groups in total. The number of halogens is 2. The van der Waals surface area contributed by atoms with Crippen molar-refractivity contribution in [3.8, 4) is 11.4 Å². The fourth-order valence-corrected chi connectivity index (χ4v) is 2.46. The van der Waals surface area contributed by atoms with Crippen LogP contribution in [0, 0.1) is 12.7 Å². The first-order valence-electron chi connectivity index (χ1n) is 6.49. The molecule has 0 saturated carbocycles. The Hall–Kier alpha value is -2.20. The predicted octanol–water partition coefficient (Wildman–Crippen LogP) is 4.44. The van der Waals surface area contributed by atoms with Crippen LogP contribution in [0.1, 0.15) is 5.56 Å². The minimum atomic E-state index is -0.296. The Balaban J connectivity index is 2.26. The number of anilines is 1. The zero-order valence-corrected chi connectivity index (χ0v) is 12.4. The van der Waals surface area contributed by atoms with Crippen LogP contribution in [0.25, 0.3) is 22.3 Å². The maximum Gasteiger partial charge on any atom is 0.162 e. The van der Waals surface area contributed by atoms with E-state index in [-0.39, 0.29) is 5.82 Å². The van der Waals surface area contributed by atoms with Crippen molar-refractivity contribution in [1.29, 1.82) is 0 Å². The zero-order valence-electron chi connectivity index (χ0n) is 11.6. The summed E-state index contributed by atoms with van der Waals surface area (Å²) in [6.45, 7) is 1.84. The Kier molecular flexibility index (Phi) is 3.47. The van der Waals surface area contributed by atoms with E-state index in [1.807, 2.05) is 25.1 Å². The summed E-state index contributed by atoms with van der Waals surface area (Å²) in [5.74, 6) is 0.854. The Morgan fingerprint density at radius 2 is 1.90 bits per heavy atom. The first-order chi connectivity index (χ1) is 10.1. The Labute approximate surface area is 126 Å². The second-order valence-electron chi connectivity index (χ2n) is 4.82. The maximum atomic E-state index is 13.6. The molecule has 0 aliphatic rings. The van der Waals surface area contributed by atoms with Crippen molar-refractivity contribution >= 4 is 28.3 Å². The van der Waals surface area contributed by atoms with E-state index in [1.165, 1.54) is 12.1 Å². The van der Waals surface area contributed by atoms with Crippen LogP contribution in [0.5, 0.6) is 0 Å². The molecule has 106 valence electrons. The SMILES string of the molecule is CNc1nc(-c2cc(C)cc(F)c2)nc2ccc(Cl)cc12. The molecule has 21 heavy (non-hydrogen) atoms. The van der Waals surface area contributed by atoms with Gasteiger partial charge < -0.3 is 5.32 Å². The number of aryl methyl sites for hydroxylation is 1. The molecule has 0 aliphatic heterocycles. The smallest absolute Gasteiger partial charge is 0.162 e. The number of aromatic nitrogens is 2. The molecular weight excluding hydrogens is 289 g/mol. The highest BCUT2D eigenvalue weighted by Gasteiger charge is 2.10. The molecule has 3 nitrogen and oxygen atoms in total.